The molecule has 33 heavy (non-hydrogen) atoms. The summed E-state index contributed by atoms with van der Waals surface area (Å²) in [7, 11) is 0. The van der Waals surface area contributed by atoms with Gasteiger partial charge in [0.25, 0.3) is 5.91 Å². The van der Waals surface area contributed by atoms with Crippen LogP contribution in [0.25, 0.3) is 11.4 Å². The van der Waals surface area contributed by atoms with Crippen molar-refractivity contribution in [2.45, 2.75) is 41.5 Å². The summed E-state index contributed by atoms with van der Waals surface area (Å²) in [6.45, 7) is 12.5. The first kappa shape index (κ1) is 22.3. The highest BCUT2D eigenvalue weighted by atomic mass is 16.2. The molecule has 0 aliphatic carbocycles. The third kappa shape index (κ3) is 4.40. The summed E-state index contributed by atoms with van der Waals surface area (Å²) < 4.78 is 4.37. The van der Waals surface area contributed by atoms with Gasteiger partial charge in [-0.25, -0.2) is 5.43 Å². The predicted octanol–water partition coefficient (Wildman–Crippen LogP) is 5.88. The highest BCUT2D eigenvalue weighted by molar-refractivity contribution is 5.95. The van der Waals surface area contributed by atoms with E-state index in [1.807, 2.05) is 24.3 Å². The van der Waals surface area contributed by atoms with Crippen LogP contribution in [0, 0.1) is 41.5 Å². The minimum atomic E-state index is -0.235. The number of hydrogen-bond donors (Lipinski definition) is 1. The first-order valence-corrected chi connectivity index (χ1v) is 11.1. The van der Waals surface area contributed by atoms with Gasteiger partial charge in [-0.05, 0) is 107 Å². The summed E-state index contributed by atoms with van der Waals surface area (Å²) in [4.78, 5) is 12.6. The summed E-state index contributed by atoms with van der Waals surface area (Å²) in [6, 6.07) is 20.3. The number of hydrazone groups is 1. The van der Waals surface area contributed by atoms with E-state index in [9.17, 15) is 4.79 Å². The van der Waals surface area contributed by atoms with E-state index >= 15 is 0 Å². The molecule has 0 atom stereocenters. The molecule has 4 aromatic rings. The lowest BCUT2D eigenvalue weighted by Gasteiger charge is -2.11. The summed E-state index contributed by atoms with van der Waals surface area (Å²) in [5.41, 5.74) is 13.4. The highest BCUT2D eigenvalue weighted by Gasteiger charge is 2.11. The van der Waals surface area contributed by atoms with Crippen molar-refractivity contribution >= 4 is 12.1 Å². The van der Waals surface area contributed by atoms with E-state index in [1.165, 1.54) is 11.1 Å². The van der Waals surface area contributed by atoms with Crippen LogP contribution in [-0.2, 0) is 0 Å². The van der Waals surface area contributed by atoms with E-state index in [-0.39, 0.29) is 5.91 Å². The van der Waals surface area contributed by atoms with Crippen molar-refractivity contribution in [3.8, 4) is 11.4 Å². The number of carbonyl (C=O) groups excluding carboxylic acids is 1. The molecule has 0 radical (unpaired) electrons. The molecule has 0 aliphatic heterocycles. The second-order valence-corrected chi connectivity index (χ2v) is 8.63. The van der Waals surface area contributed by atoms with Gasteiger partial charge in [-0.3, -0.25) is 4.79 Å². The number of aryl methyl sites for hydroxylation is 5. The van der Waals surface area contributed by atoms with Gasteiger partial charge in [0.15, 0.2) is 0 Å². The lowest BCUT2D eigenvalue weighted by molar-refractivity contribution is 0.0955. The van der Waals surface area contributed by atoms with Gasteiger partial charge in [-0.15, -0.1) is 0 Å². The third-order valence-corrected chi connectivity index (χ3v) is 6.25. The predicted molar refractivity (Wildman–Crippen MR) is 135 cm³/mol. The lowest BCUT2D eigenvalue weighted by atomic mass is 10.1. The van der Waals surface area contributed by atoms with Crippen LogP contribution in [0.4, 0.5) is 0 Å². The Balaban J connectivity index is 1.48. The fraction of sp³-hybridized carbons (Fsp3) is 0.214. The zero-order valence-corrected chi connectivity index (χ0v) is 20.1. The number of carbonyl (C=O) groups is 1. The minimum absolute atomic E-state index is 0.235. The van der Waals surface area contributed by atoms with Gasteiger partial charge >= 0.3 is 0 Å². The average Bonchev–Trinajstić information content (AvgIpc) is 3.27. The van der Waals surface area contributed by atoms with Crippen LogP contribution in [0.2, 0.25) is 0 Å². The van der Waals surface area contributed by atoms with Gasteiger partial charge in [0.2, 0.25) is 0 Å². The van der Waals surface area contributed by atoms with Gasteiger partial charge in [0.1, 0.15) is 0 Å². The molecule has 1 N–H and O–H groups in total. The topological polar surface area (TPSA) is 51.3 Å². The second-order valence-electron chi connectivity index (χ2n) is 8.63. The normalized spacial score (nSPS) is 11.3. The van der Waals surface area contributed by atoms with Crippen molar-refractivity contribution in [3.63, 3.8) is 0 Å². The van der Waals surface area contributed by atoms with E-state index in [4.69, 9.17) is 0 Å². The molecule has 0 bridgehead atoms. The molecule has 1 amide bonds. The smallest absolute Gasteiger partial charge is 0.271 e. The zero-order chi connectivity index (χ0) is 23.7. The Morgan fingerprint density at radius 3 is 2.00 bits per heavy atom. The van der Waals surface area contributed by atoms with Gasteiger partial charge in [0.05, 0.1) is 6.21 Å². The van der Waals surface area contributed by atoms with Crippen molar-refractivity contribution in [1.29, 1.82) is 0 Å². The first-order valence-electron chi connectivity index (χ1n) is 11.1. The second kappa shape index (κ2) is 8.94. The molecule has 2 aromatic carbocycles. The standard InChI is InChI=1S/C28H30N4O/c1-18-7-12-27(15-19(18)2)32-22(5)16-25(23(32)6)17-29-30-28(33)24-10-13-26(14-11-24)31-20(3)8-9-21(31)4/h7-17H,1-6H3,(H,30,33). The van der Waals surface area contributed by atoms with Crippen LogP contribution in [0.15, 0.2) is 65.8 Å². The fourth-order valence-corrected chi connectivity index (χ4v) is 4.24. The fourth-order valence-electron chi connectivity index (χ4n) is 4.24. The molecule has 0 aliphatic rings. The number of aromatic nitrogens is 2. The van der Waals surface area contributed by atoms with Crippen molar-refractivity contribution in [1.82, 2.24) is 14.6 Å². The van der Waals surface area contributed by atoms with Crippen LogP contribution >= 0.6 is 0 Å². The van der Waals surface area contributed by atoms with E-state index < -0.39 is 0 Å². The average molecular weight is 439 g/mol. The first-order chi connectivity index (χ1) is 15.8. The summed E-state index contributed by atoms with van der Waals surface area (Å²) in [5.74, 6) is -0.235. The number of hydrogen-bond acceptors (Lipinski definition) is 2. The number of nitrogens with zero attached hydrogens (tertiary/aromatic N) is 3. The lowest BCUT2D eigenvalue weighted by Crippen LogP contribution is -2.17. The van der Waals surface area contributed by atoms with Crippen LogP contribution in [0.3, 0.4) is 0 Å². The maximum atomic E-state index is 12.6. The molecule has 0 saturated heterocycles. The van der Waals surface area contributed by atoms with Gasteiger partial charge in [0, 0.05) is 45.3 Å². The molecule has 4 rings (SSSR count). The van der Waals surface area contributed by atoms with Crippen molar-refractivity contribution in [2.75, 3.05) is 0 Å². The van der Waals surface area contributed by atoms with E-state index in [0.29, 0.717) is 5.56 Å². The SMILES string of the molecule is Cc1ccc(-n2c(C)cc(C=NNC(=O)c3ccc(-n4c(C)ccc4C)cc3)c2C)cc1C. The molecule has 168 valence electrons. The Hall–Kier alpha value is -3.86. The molecular formula is C28H30N4O. The minimum Gasteiger partial charge on any atom is -0.319 e. The van der Waals surface area contributed by atoms with Crippen LogP contribution in [0.5, 0.6) is 0 Å². The van der Waals surface area contributed by atoms with Gasteiger partial charge in [-0.2, -0.15) is 5.10 Å². The molecule has 0 unspecified atom stereocenters. The summed E-state index contributed by atoms with van der Waals surface area (Å²) >= 11 is 0. The Labute approximate surface area is 195 Å². The Morgan fingerprint density at radius 1 is 0.727 bits per heavy atom. The van der Waals surface area contributed by atoms with Crippen molar-refractivity contribution in [3.05, 3.63) is 106 Å². The number of rotatable bonds is 5. The number of benzene rings is 2. The third-order valence-electron chi connectivity index (χ3n) is 6.25. The summed E-state index contributed by atoms with van der Waals surface area (Å²) in [5, 5.41) is 4.22. The van der Waals surface area contributed by atoms with E-state index in [2.05, 4.69) is 97.6 Å². The highest BCUT2D eigenvalue weighted by Crippen LogP contribution is 2.22. The molecule has 0 saturated carbocycles. The molecule has 5 nitrogen and oxygen atoms in total. The van der Waals surface area contributed by atoms with E-state index in [1.54, 1.807) is 6.21 Å². The summed E-state index contributed by atoms with van der Waals surface area (Å²) in [6.07, 6.45) is 1.71. The monoisotopic (exact) mass is 438 g/mol. The zero-order valence-electron chi connectivity index (χ0n) is 20.1. The molecule has 2 aromatic heterocycles. The van der Waals surface area contributed by atoms with Crippen molar-refractivity contribution < 1.29 is 4.79 Å². The maximum absolute atomic E-state index is 12.6. The Kier molecular flexibility index (Phi) is 6.05. The molecule has 0 fully saturated rings. The maximum Gasteiger partial charge on any atom is 0.271 e. The molecular weight excluding hydrogens is 408 g/mol. The Bertz CT molecular complexity index is 1330. The molecule has 5 heteroatoms. The number of amides is 1. The number of nitrogens with one attached hydrogen (secondary N) is 1. The van der Waals surface area contributed by atoms with Crippen LogP contribution in [-0.4, -0.2) is 21.3 Å². The Morgan fingerprint density at radius 2 is 1.36 bits per heavy atom. The quantitative estimate of drug-likeness (QED) is 0.307. The molecule has 0 spiro atoms. The van der Waals surface area contributed by atoms with Gasteiger partial charge < -0.3 is 9.13 Å². The van der Waals surface area contributed by atoms with Crippen LogP contribution in [0.1, 0.15) is 49.8 Å². The molecule has 2 heterocycles. The van der Waals surface area contributed by atoms with Gasteiger partial charge in [-0.1, -0.05) is 6.07 Å². The van der Waals surface area contributed by atoms with Crippen LogP contribution < -0.4 is 5.43 Å². The van der Waals surface area contributed by atoms with Crippen molar-refractivity contribution in [2.24, 2.45) is 5.10 Å². The van der Waals surface area contributed by atoms with E-state index in [0.717, 1.165) is 39.7 Å². The largest absolute Gasteiger partial charge is 0.319 e.